The Morgan fingerprint density at radius 3 is 2.61 bits per heavy atom. The van der Waals surface area contributed by atoms with Crippen molar-refractivity contribution in [1.29, 1.82) is 0 Å². The average Bonchev–Trinajstić information content (AvgIpc) is 2.77. The fraction of sp³-hybridized carbons (Fsp3) is 0.292. The van der Waals surface area contributed by atoms with Crippen LogP contribution in [0.4, 0.5) is 15.9 Å². The van der Waals surface area contributed by atoms with Gasteiger partial charge >= 0.3 is 0 Å². The summed E-state index contributed by atoms with van der Waals surface area (Å²) in [6, 6.07) is 14.7. The van der Waals surface area contributed by atoms with Gasteiger partial charge in [0.1, 0.15) is 11.6 Å². The molecule has 2 heterocycles. The van der Waals surface area contributed by atoms with E-state index in [1.54, 1.807) is 6.07 Å². The molecular weight excluding hydrogens is 395 g/mol. The van der Waals surface area contributed by atoms with Crippen LogP contribution in [0.2, 0.25) is 0 Å². The molecule has 6 nitrogen and oxygen atoms in total. The molecule has 0 bridgehead atoms. The Balaban J connectivity index is 1.52. The predicted molar refractivity (Wildman–Crippen MR) is 119 cm³/mol. The molecule has 0 aliphatic carbocycles. The summed E-state index contributed by atoms with van der Waals surface area (Å²) in [5.74, 6) is 0.0561. The first-order chi connectivity index (χ1) is 14.9. The number of hydrogen-bond acceptors (Lipinski definition) is 4. The molecule has 31 heavy (non-hydrogen) atoms. The highest BCUT2D eigenvalue weighted by Gasteiger charge is 2.27. The third-order valence-electron chi connectivity index (χ3n) is 5.61. The lowest BCUT2D eigenvalue weighted by Crippen LogP contribution is -2.41. The summed E-state index contributed by atoms with van der Waals surface area (Å²) < 4.78 is 14.5. The summed E-state index contributed by atoms with van der Waals surface area (Å²) in [4.78, 5) is 27.2. The Kier molecular flexibility index (Phi) is 5.84. The second-order valence-corrected chi connectivity index (χ2v) is 8.01. The van der Waals surface area contributed by atoms with Crippen molar-refractivity contribution in [3.05, 3.63) is 81.9 Å². The molecule has 2 aromatic carbocycles. The zero-order valence-corrected chi connectivity index (χ0v) is 17.6. The molecule has 1 atom stereocenters. The molecule has 3 aromatic rings. The maximum absolute atomic E-state index is 13.2. The number of nitrogens with zero attached hydrogens (tertiary/aromatic N) is 3. The fourth-order valence-electron chi connectivity index (χ4n) is 3.93. The number of piperidine rings is 1. The summed E-state index contributed by atoms with van der Waals surface area (Å²) in [5.41, 5.74) is 3.22. The summed E-state index contributed by atoms with van der Waals surface area (Å²) in [6.07, 6.45) is 1.65. The number of carbonyl (C=O) groups excluding carboxylic acids is 1. The number of anilines is 2. The van der Waals surface area contributed by atoms with E-state index >= 15 is 0 Å². The van der Waals surface area contributed by atoms with Crippen LogP contribution < -0.4 is 15.8 Å². The van der Waals surface area contributed by atoms with Crippen LogP contribution in [0.1, 0.15) is 24.0 Å². The van der Waals surface area contributed by atoms with Gasteiger partial charge in [0.2, 0.25) is 5.91 Å². The Hall–Kier alpha value is -3.48. The first-order valence-corrected chi connectivity index (χ1v) is 10.4. The number of amides is 1. The van der Waals surface area contributed by atoms with Gasteiger partial charge in [-0.3, -0.25) is 9.59 Å². The van der Waals surface area contributed by atoms with Crippen molar-refractivity contribution in [2.45, 2.75) is 26.7 Å². The molecule has 1 amide bonds. The van der Waals surface area contributed by atoms with Gasteiger partial charge in [-0.2, -0.15) is 4.68 Å². The van der Waals surface area contributed by atoms with Gasteiger partial charge < -0.3 is 10.2 Å². The van der Waals surface area contributed by atoms with Gasteiger partial charge in [-0.25, -0.2) is 4.39 Å². The number of aromatic nitrogens is 2. The minimum atomic E-state index is -0.373. The van der Waals surface area contributed by atoms with E-state index < -0.39 is 0 Å². The van der Waals surface area contributed by atoms with Gasteiger partial charge in [0.05, 0.1) is 11.6 Å². The molecule has 0 unspecified atom stereocenters. The van der Waals surface area contributed by atoms with Gasteiger partial charge in [0.25, 0.3) is 5.56 Å². The van der Waals surface area contributed by atoms with Gasteiger partial charge in [-0.05, 0) is 68.7 Å². The maximum Gasteiger partial charge on any atom is 0.271 e. The quantitative estimate of drug-likeness (QED) is 0.696. The lowest BCUT2D eigenvalue weighted by Gasteiger charge is -2.33. The topological polar surface area (TPSA) is 67.2 Å². The van der Waals surface area contributed by atoms with Crippen LogP contribution in [-0.4, -0.2) is 28.8 Å². The third-order valence-corrected chi connectivity index (χ3v) is 5.61. The summed E-state index contributed by atoms with van der Waals surface area (Å²) in [7, 11) is 0. The highest BCUT2D eigenvalue weighted by atomic mass is 19.1. The molecule has 4 rings (SSSR count). The standard InChI is InChI=1S/C24H25FN4O2/c1-16-5-10-21(17(2)14-16)26-24(31)18-4-3-13-28(15-18)22-11-12-23(30)29(27-22)20-8-6-19(25)7-9-20/h5-12,14,18H,3-4,13,15H2,1-2H3,(H,26,31)/t18-/m1/s1. The van der Waals surface area contributed by atoms with E-state index in [4.69, 9.17) is 0 Å². The van der Waals surface area contributed by atoms with E-state index in [-0.39, 0.29) is 23.2 Å². The molecule has 1 aliphatic rings. The number of halogens is 1. The van der Waals surface area contributed by atoms with Gasteiger partial charge in [0, 0.05) is 24.8 Å². The predicted octanol–water partition coefficient (Wildman–Crippen LogP) is 3.84. The van der Waals surface area contributed by atoms with E-state index in [2.05, 4.69) is 10.4 Å². The minimum absolute atomic E-state index is 0.0106. The van der Waals surface area contributed by atoms with Crippen molar-refractivity contribution in [2.75, 3.05) is 23.3 Å². The van der Waals surface area contributed by atoms with Crippen molar-refractivity contribution in [2.24, 2.45) is 5.92 Å². The van der Waals surface area contributed by atoms with E-state index in [0.29, 0.717) is 18.1 Å². The maximum atomic E-state index is 13.2. The summed E-state index contributed by atoms with van der Waals surface area (Å²) in [6.45, 7) is 5.28. The van der Waals surface area contributed by atoms with E-state index in [1.165, 1.54) is 35.0 Å². The van der Waals surface area contributed by atoms with Crippen molar-refractivity contribution < 1.29 is 9.18 Å². The molecule has 160 valence electrons. The molecular formula is C24H25FN4O2. The molecule has 0 saturated carbocycles. The zero-order valence-electron chi connectivity index (χ0n) is 17.6. The van der Waals surface area contributed by atoms with Crippen LogP contribution in [0.15, 0.2) is 59.4 Å². The molecule has 0 spiro atoms. The summed E-state index contributed by atoms with van der Waals surface area (Å²) >= 11 is 0. The smallest absolute Gasteiger partial charge is 0.271 e. The molecule has 7 heteroatoms. The SMILES string of the molecule is Cc1ccc(NC(=O)[C@@H]2CCCN(c3ccc(=O)n(-c4ccc(F)cc4)n3)C2)c(C)c1. The minimum Gasteiger partial charge on any atom is -0.354 e. The second kappa shape index (κ2) is 8.71. The molecule has 1 aromatic heterocycles. The Morgan fingerprint density at radius 1 is 1.10 bits per heavy atom. The fourth-order valence-corrected chi connectivity index (χ4v) is 3.93. The van der Waals surface area contributed by atoms with E-state index in [9.17, 15) is 14.0 Å². The number of nitrogens with one attached hydrogen (secondary N) is 1. The first-order valence-electron chi connectivity index (χ1n) is 10.4. The molecule has 1 aliphatic heterocycles. The van der Waals surface area contributed by atoms with Crippen LogP contribution in [0.25, 0.3) is 5.69 Å². The number of benzene rings is 2. The molecule has 1 saturated heterocycles. The lowest BCUT2D eigenvalue weighted by atomic mass is 9.96. The van der Waals surface area contributed by atoms with Crippen LogP contribution >= 0.6 is 0 Å². The highest BCUT2D eigenvalue weighted by Crippen LogP contribution is 2.24. The molecule has 0 radical (unpaired) electrons. The Labute approximate surface area is 180 Å². The van der Waals surface area contributed by atoms with Crippen molar-refractivity contribution in [1.82, 2.24) is 9.78 Å². The number of aryl methyl sites for hydroxylation is 2. The summed E-state index contributed by atoms with van der Waals surface area (Å²) in [5, 5.41) is 7.53. The Morgan fingerprint density at radius 2 is 1.87 bits per heavy atom. The van der Waals surface area contributed by atoms with Gasteiger partial charge in [-0.1, -0.05) is 17.7 Å². The van der Waals surface area contributed by atoms with E-state index in [0.717, 1.165) is 36.2 Å². The second-order valence-electron chi connectivity index (χ2n) is 8.01. The van der Waals surface area contributed by atoms with E-state index in [1.807, 2.05) is 36.9 Å². The van der Waals surface area contributed by atoms with Crippen molar-refractivity contribution in [3.8, 4) is 5.69 Å². The van der Waals surface area contributed by atoms with Crippen molar-refractivity contribution in [3.63, 3.8) is 0 Å². The average molecular weight is 420 g/mol. The van der Waals surface area contributed by atoms with Crippen molar-refractivity contribution >= 4 is 17.4 Å². The van der Waals surface area contributed by atoms with Crippen LogP contribution in [-0.2, 0) is 4.79 Å². The molecule has 1 fully saturated rings. The van der Waals surface area contributed by atoms with Gasteiger partial charge in [0.15, 0.2) is 0 Å². The largest absolute Gasteiger partial charge is 0.354 e. The zero-order chi connectivity index (χ0) is 22.0. The Bertz CT molecular complexity index is 1160. The number of hydrogen-bond donors (Lipinski definition) is 1. The normalized spacial score (nSPS) is 16.2. The molecule has 1 N–H and O–H groups in total. The van der Waals surface area contributed by atoms with Crippen LogP contribution in [0.3, 0.4) is 0 Å². The third kappa shape index (κ3) is 4.66. The first kappa shape index (κ1) is 20.8. The van der Waals surface area contributed by atoms with Crippen LogP contribution in [0.5, 0.6) is 0 Å². The highest BCUT2D eigenvalue weighted by molar-refractivity contribution is 5.93. The lowest BCUT2D eigenvalue weighted by molar-refractivity contribution is -0.120. The van der Waals surface area contributed by atoms with Gasteiger partial charge in [-0.15, -0.1) is 5.10 Å². The number of carbonyl (C=O) groups is 1. The van der Waals surface area contributed by atoms with Crippen LogP contribution in [0, 0.1) is 25.6 Å². The number of rotatable bonds is 4. The monoisotopic (exact) mass is 420 g/mol.